The van der Waals surface area contributed by atoms with Crippen LogP contribution in [-0.4, -0.2) is 49.3 Å². The molecule has 1 amide bonds. The predicted octanol–water partition coefficient (Wildman–Crippen LogP) is 1.94. The number of amides is 1. The fourth-order valence-electron chi connectivity index (χ4n) is 2.54. The Morgan fingerprint density at radius 2 is 2.16 bits per heavy atom. The molecule has 1 aromatic carbocycles. The van der Waals surface area contributed by atoms with Gasteiger partial charge in [0.1, 0.15) is 11.7 Å². The van der Waals surface area contributed by atoms with Gasteiger partial charge in [-0.05, 0) is 24.3 Å². The summed E-state index contributed by atoms with van der Waals surface area (Å²) in [6, 6.07) is 4.35. The Hall–Kier alpha value is -2.19. The predicted molar refractivity (Wildman–Crippen MR) is 93.0 cm³/mol. The van der Waals surface area contributed by atoms with Gasteiger partial charge in [-0.2, -0.15) is 0 Å². The van der Waals surface area contributed by atoms with Crippen molar-refractivity contribution < 1.29 is 17.6 Å². The molecule has 0 N–H and O–H groups in total. The zero-order chi connectivity index (χ0) is 18.2. The largest absolute Gasteiger partial charge is 0.337 e. The normalized spacial score (nSPS) is 18.3. The van der Waals surface area contributed by atoms with Crippen LogP contribution >= 0.6 is 11.6 Å². The van der Waals surface area contributed by atoms with Gasteiger partial charge in [-0.3, -0.25) is 4.79 Å². The van der Waals surface area contributed by atoms with Crippen molar-refractivity contribution in [3.05, 3.63) is 58.5 Å². The lowest BCUT2D eigenvalue weighted by atomic mass is 10.1. The van der Waals surface area contributed by atoms with Crippen molar-refractivity contribution in [3.8, 4) is 0 Å². The molecule has 0 unspecified atom stereocenters. The van der Waals surface area contributed by atoms with E-state index in [1.165, 1.54) is 29.2 Å². The Kier molecular flexibility index (Phi) is 4.66. The number of hydrogen-bond acceptors (Lipinski definition) is 4. The molecule has 25 heavy (non-hydrogen) atoms. The van der Waals surface area contributed by atoms with Crippen LogP contribution in [0.3, 0.4) is 0 Å². The number of likely N-dealkylation sites (N-methyl/N-ethyl adjacent to an activating group) is 1. The molecule has 0 aliphatic carbocycles. The maximum Gasteiger partial charge on any atom is 0.256 e. The summed E-state index contributed by atoms with van der Waals surface area (Å²) in [7, 11) is -1.90. The Bertz CT molecular complexity index is 904. The van der Waals surface area contributed by atoms with Gasteiger partial charge in [0.15, 0.2) is 0 Å². The second kappa shape index (κ2) is 6.61. The second-order valence-corrected chi connectivity index (χ2v) is 7.87. The first-order chi connectivity index (χ1) is 11.8. The van der Waals surface area contributed by atoms with Gasteiger partial charge in [0.05, 0.1) is 11.3 Å². The summed E-state index contributed by atoms with van der Waals surface area (Å²) in [5.41, 5.74) is 0.597. The molecule has 6 nitrogen and oxygen atoms in total. The van der Waals surface area contributed by atoms with Gasteiger partial charge < -0.3 is 9.80 Å². The zero-order valence-corrected chi connectivity index (χ0v) is 14.9. The van der Waals surface area contributed by atoms with Crippen molar-refractivity contribution >= 4 is 33.4 Å². The number of sulfonamides is 1. The third-order valence-electron chi connectivity index (χ3n) is 3.87. The summed E-state index contributed by atoms with van der Waals surface area (Å²) in [6.45, 7) is 0.246. The van der Waals surface area contributed by atoms with Crippen molar-refractivity contribution in [2.75, 3.05) is 19.3 Å². The van der Waals surface area contributed by atoms with E-state index >= 15 is 0 Å². The lowest BCUT2D eigenvalue weighted by molar-refractivity contribution is -0.126. The molecule has 0 spiro atoms. The van der Waals surface area contributed by atoms with Crippen LogP contribution in [-0.2, 0) is 21.4 Å². The molecule has 0 aromatic heterocycles. The molecule has 2 aliphatic heterocycles. The summed E-state index contributed by atoms with van der Waals surface area (Å²) >= 11 is 5.99. The van der Waals surface area contributed by atoms with Gasteiger partial charge in [0.2, 0.25) is 0 Å². The average Bonchev–Trinajstić information content (AvgIpc) is 2.56. The number of carbonyl (C=O) groups excluding carboxylic acids is 1. The van der Waals surface area contributed by atoms with Crippen LogP contribution in [0.4, 0.5) is 4.39 Å². The lowest BCUT2D eigenvalue weighted by Crippen LogP contribution is -2.38. The minimum atomic E-state index is -3.44. The van der Waals surface area contributed by atoms with Crippen LogP contribution in [0.1, 0.15) is 5.56 Å². The van der Waals surface area contributed by atoms with E-state index in [0.717, 1.165) is 0 Å². The van der Waals surface area contributed by atoms with Gasteiger partial charge >= 0.3 is 0 Å². The highest BCUT2D eigenvalue weighted by Gasteiger charge is 2.26. The van der Waals surface area contributed by atoms with E-state index in [1.54, 1.807) is 24.2 Å². The number of benzene rings is 1. The third-order valence-corrected chi connectivity index (χ3v) is 5.39. The molecule has 0 saturated heterocycles. The summed E-state index contributed by atoms with van der Waals surface area (Å²) in [4.78, 5) is 15.5. The fourth-order valence-corrected chi connectivity index (χ4v) is 3.73. The molecular weight excluding hydrogens is 369 g/mol. The van der Waals surface area contributed by atoms with E-state index < -0.39 is 15.8 Å². The molecule has 0 radical (unpaired) electrons. The van der Waals surface area contributed by atoms with Crippen molar-refractivity contribution in [1.82, 2.24) is 9.80 Å². The fraction of sp³-hybridized carbons (Fsp3) is 0.250. The Balaban J connectivity index is 1.78. The van der Waals surface area contributed by atoms with Crippen molar-refractivity contribution in [2.45, 2.75) is 6.54 Å². The molecule has 0 fully saturated rings. The molecule has 1 aromatic rings. The highest BCUT2D eigenvalue weighted by molar-refractivity contribution is 7.90. The van der Waals surface area contributed by atoms with Crippen LogP contribution in [0, 0.1) is 5.82 Å². The quantitative estimate of drug-likeness (QED) is 0.799. The second-order valence-electron chi connectivity index (χ2n) is 5.71. The van der Waals surface area contributed by atoms with Gasteiger partial charge in [0, 0.05) is 36.9 Å². The number of amidine groups is 1. The van der Waals surface area contributed by atoms with Gasteiger partial charge in [0.25, 0.3) is 15.9 Å². The van der Waals surface area contributed by atoms with Gasteiger partial charge in [-0.25, -0.2) is 12.8 Å². The number of hydrogen-bond donors (Lipinski definition) is 0. The molecule has 9 heteroatoms. The molecule has 2 heterocycles. The van der Waals surface area contributed by atoms with E-state index in [4.69, 9.17) is 11.6 Å². The zero-order valence-electron chi connectivity index (χ0n) is 13.3. The van der Waals surface area contributed by atoms with Gasteiger partial charge in [-0.1, -0.05) is 17.7 Å². The monoisotopic (exact) mass is 383 g/mol. The highest BCUT2D eigenvalue weighted by Crippen LogP contribution is 2.22. The minimum absolute atomic E-state index is 0.0187. The smallest absolute Gasteiger partial charge is 0.256 e. The van der Waals surface area contributed by atoms with E-state index in [0.29, 0.717) is 5.57 Å². The Morgan fingerprint density at radius 1 is 1.40 bits per heavy atom. The van der Waals surface area contributed by atoms with E-state index in [1.807, 2.05) is 0 Å². The van der Waals surface area contributed by atoms with E-state index in [9.17, 15) is 17.6 Å². The Labute approximate surface area is 149 Å². The van der Waals surface area contributed by atoms with E-state index in [-0.39, 0.29) is 41.2 Å². The molecule has 0 bridgehead atoms. The number of nitrogens with zero attached hydrogens (tertiary/aromatic N) is 3. The lowest BCUT2D eigenvalue weighted by Gasteiger charge is -2.28. The number of carbonyl (C=O) groups is 1. The van der Waals surface area contributed by atoms with Crippen LogP contribution < -0.4 is 0 Å². The summed E-state index contributed by atoms with van der Waals surface area (Å²) in [6.07, 6.45) is 4.53. The van der Waals surface area contributed by atoms with Crippen molar-refractivity contribution in [1.29, 1.82) is 0 Å². The molecule has 0 atom stereocenters. The minimum Gasteiger partial charge on any atom is -0.337 e. The maximum atomic E-state index is 13.9. The average molecular weight is 384 g/mol. The number of fused-ring (bicyclic) bond motifs is 1. The van der Waals surface area contributed by atoms with Gasteiger partial charge in [-0.15, -0.1) is 4.40 Å². The van der Waals surface area contributed by atoms with E-state index in [2.05, 4.69) is 4.40 Å². The SMILES string of the molecule is CN(Cc1c(F)cccc1Cl)C(=O)C1=CN2CCS(=O)(=O)N=C2C=C1. The summed E-state index contributed by atoms with van der Waals surface area (Å²) < 4.78 is 40.5. The summed E-state index contributed by atoms with van der Waals surface area (Å²) in [5.74, 6) is -0.634. The first-order valence-electron chi connectivity index (χ1n) is 7.44. The molecule has 3 rings (SSSR count). The van der Waals surface area contributed by atoms with Crippen LogP contribution in [0.15, 0.2) is 46.5 Å². The number of rotatable bonds is 3. The molecular formula is C16H15ClFN3O3S. The standard InChI is InChI=1S/C16H15ClFN3O3S/c1-20(10-12-13(17)3-2-4-14(12)18)16(22)11-5-6-15-19-25(23,24)8-7-21(15)9-11/h2-6,9H,7-8,10H2,1H3. The first kappa shape index (κ1) is 17.6. The topological polar surface area (TPSA) is 70.1 Å². The maximum absolute atomic E-state index is 13.9. The van der Waals surface area contributed by atoms with Crippen molar-refractivity contribution in [2.24, 2.45) is 4.40 Å². The molecule has 0 saturated carbocycles. The Morgan fingerprint density at radius 3 is 2.88 bits per heavy atom. The van der Waals surface area contributed by atoms with Crippen LogP contribution in [0.25, 0.3) is 0 Å². The molecule has 132 valence electrons. The van der Waals surface area contributed by atoms with Crippen LogP contribution in [0.5, 0.6) is 0 Å². The third kappa shape index (κ3) is 3.74. The van der Waals surface area contributed by atoms with Crippen molar-refractivity contribution in [3.63, 3.8) is 0 Å². The number of halogens is 2. The molecule has 2 aliphatic rings. The first-order valence-corrected chi connectivity index (χ1v) is 9.43. The highest BCUT2D eigenvalue weighted by atomic mass is 35.5. The van der Waals surface area contributed by atoms with Crippen LogP contribution in [0.2, 0.25) is 5.02 Å². The summed E-state index contributed by atoms with van der Waals surface area (Å²) in [5, 5.41) is 0.253.